The minimum atomic E-state index is -0.345. The van der Waals surface area contributed by atoms with Crippen molar-refractivity contribution >= 4 is 28.8 Å². The van der Waals surface area contributed by atoms with Crippen LogP contribution in [0.3, 0.4) is 0 Å². The van der Waals surface area contributed by atoms with Crippen LogP contribution < -0.4 is 15.4 Å². The molecule has 3 rings (SSSR count). The van der Waals surface area contributed by atoms with E-state index in [9.17, 15) is 9.59 Å². The van der Waals surface area contributed by atoms with E-state index < -0.39 is 0 Å². The Balaban J connectivity index is 1.61. The first-order valence-corrected chi connectivity index (χ1v) is 7.22. The number of fused-ring (bicyclic) bond motifs is 1. The summed E-state index contributed by atoms with van der Waals surface area (Å²) in [4.78, 5) is 23.1. The highest BCUT2D eigenvalue weighted by molar-refractivity contribution is 5.94. The predicted octanol–water partition coefficient (Wildman–Crippen LogP) is 1.71. The van der Waals surface area contributed by atoms with E-state index in [2.05, 4.69) is 20.8 Å². The van der Waals surface area contributed by atoms with Crippen LogP contribution in [0.2, 0.25) is 0 Å². The fourth-order valence-corrected chi connectivity index (χ4v) is 2.12. The molecule has 2 aromatic heterocycles. The number of aromatic nitrogens is 3. The molecule has 8 nitrogen and oxygen atoms in total. The number of nitrogens with zero attached hydrogens (tertiary/aromatic N) is 3. The van der Waals surface area contributed by atoms with Gasteiger partial charge in [0.15, 0.2) is 12.3 Å². The highest BCUT2D eigenvalue weighted by Gasteiger charge is 2.09. The fraction of sp³-hybridized carbons (Fsp3) is 0.125. The monoisotopic (exact) mass is 325 g/mol. The van der Waals surface area contributed by atoms with Crippen LogP contribution in [-0.4, -0.2) is 33.0 Å². The van der Waals surface area contributed by atoms with E-state index in [1.54, 1.807) is 40.9 Å². The summed E-state index contributed by atoms with van der Waals surface area (Å²) in [6.07, 6.45) is 1.75. The van der Waals surface area contributed by atoms with E-state index >= 15 is 0 Å². The largest absolute Gasteiger partial charge is 0.453 e. The number of anilines is 2. The minimum absolute atomic E-state index is 0.180. The fourth-order valence-electron chi connectivity index (χ4n) is 2.12. The molecule has 8 heteroatoms. The number of benzene rings is 1. The van der Waals surface area contributed by atoms with Crippen LogP contribution in [0.4, 0.5) is 11.4 Å². The Kier molecular flexibility index (Phi) is 4.37. The van der Waals surface area contributed by atoms with Crippen molar-refractivity contribution in [3.05, 3.63) is 48.7 Å². The first kappa shape index (κ1) is 15.5. The molecule has 2 heterocycles. The van der Waals surface area contributed by atoms with Gasteiger partial charge in [0, 0.05) is 24.5 Å². The summed E-state index contributed by atoms with van der Waals surface area (Å²) in [5, 5.41) is 13.2. The molecule has 0 atom stereocenters. The van der Waals surface area contributed by atoms with Gasteiger partial charge in [-0.25, -0.2) is 0 Å². The Labute approximate surface area is 137 Å². The maximum absolute atomic E-state index is 12.0. The number of hydrogen-bond donors (Lipinski definition) is 2. The number of hydrogen-bond acceptors (Lipinski definition) is 5. The zero-order valence-electron chi connectivity index (χ0n) is 12.9. The molecule has 0 aliphatic carbocycles. The van der Waals surface area contributed by atoms with E-state index in [1.165, 1.54) is 6.92 Å². The Bertz CT molecular complexity index is 890. The number of carbonyl (C=O) groups excluding carboxylic acids is 2. The van der Waals surface area contributed by atoms with Crippen molar-refractivity contribution in [1.29, 1.82) is 0 Å². The molecule has 0 fully saturated rings. The lowest BCUT2D eigenvalue weighted by atomic mass is 10.2. The van der Waals surface area contributed by atoms with Crippen molar-refractivity contribution in [1.82, 2.24) is 14.6 Å². The molecule has 2 amide bonds. The second-order valence-electron chi connectivity index (χ2n) is 5.01. The second-order valence-corrected chi connectivity index (χ2v) is 5.01. The van der Waals surface area contributed by atoms with Gasteiger partial charge in [0.2, 0.25) is 5.91 Å². The van der Waals surface area contributed by atoms with Gasteiger partial charge in [0.05, 0.1) is 0 Å². The Morgan fingerprint density at radius 2 is 1.88 bits per heavy atom. The number of amides is 2. The van der Waals surface area contributed by atoms with Gasteiger partial charge >= 0.3 is 6.01 Å². The van der Waals surface area contributed by atoms with Crippen molar-refractivity contribution in [2.75, 3.05) is 17.2 Å². The highest BCUT2D eigenvalue weighted by atomic mass is 16.5. The molecule has 24 heavy (non-hydrogen) atoms. The average Bonchev–Trinajstić information content (AvgIpc) is 2.96. The quantitative estimate of drug-likeness (QED) is 0.744. The number of nitrogens with one attached hydrogen (secondary N) is 2. The van der Waals surface area contributed by atoms with Gasteiger partial charge in [-0.2, -0.15) is 0 Å². The summed E-state index contributed by atoms with van der Waals surface area (Å²) in [5.74, 6) is -0.525. The Morgan fingerprint density at radius 1 is 1.08 bits per heavy atom. The summed E-state index contributed by atoms with van der Waals surface area (Å²) in [5.41, 5.74) is 1.79. The zero-order valence-corrected chi connectivity index (χ0v) is 12.9. The lowest BCUT2D eigenvalue weighted by molar-refractivity contribution is -0.118. The molecule has 0 radical (unpaired) electrons. The predicted molar refractivity (Wildman–Crippen MR) is 87.9 cm³/mol. The topological polar surface area (TPSA) is 97.6 Å². The average molecular weight is 325 g/mol. The van der Waals surface area contributed by atoms with Crippen LogP contribution in [0.1, 0.15) is 6.92 Å². The van der Waals surface area contributed by atoms with Gasteiger partial charge in [0.25, 0.3) is 5.91 Å². The summed E-state index contributed by atoms with van der Waals surface area (Å²) in [7, 11) is 0. The SMILES string of the molecule is CC(=O)Nc1cccc(NC(=O)COc2nnc3ccccn23)c1. The zero-order chi connectivity index (χ0) is 16.9. The molecule has 1 aromatic carbocycles. The molecular formula is C16H15N5O3. The molecule has 0 saturated carbocycles. The molecule has 0 saturated heterocycles. The lowest BCUT2D eigenvalue weighted by Gasteiger charge is -2.08. The van der Waals surface area contributed by atoms with Crippen molar-refractivity contribution < 1.29 is 14.3 Å². The third-order valence-electron chi connectivity index (χ3n) is 3.08. The molecule has 0 bridgehead atoms. The summed E-state index contributed by atoms with van der Waals surface area (Å²) >= 11 is 0. The Hall–Kier alpha value is -3.42. The van der Waals surface area contributed by atoms with Gasteiger partial charge in [-0.15, -0.1) is 5.10 Å². The van der Waals surface area contributed by atoms with E-state index in [1.807, 2.05) is 12.1 Å². The summed E-state index contributed by atoms with van der Waals surface area (Å²) in [6.45, 7) is 1.21. The van der Waals surface area contributed by atoms with Gasteiger partial charge in [-0.3, -0.25) is 14.0 Å². The maximum Gasteiger partial charge on any atom is 0.322 e. The molecular weight excluding hydrogens is 310 g/mol. The van der Waals surface area contributed by atoms with Crippen LogP contribution in [0.15, 0.2) is 48.7 Å². The van der Waals surface area contributed by atoms with Crippen LogP contribution in [0.5, 0.6) is 6.01 Å². The molecule has 0 unspecified atom stereocenters. The number of ether oxygens (including phenoxy) is 1. The molecule has 2 N–H and O–H groups in total. The molecule has 0 aliphatic heterocycles. The number of carbonyl (C=O) groups is 2. The number of pyridine rings is 1. The highest BCUT2D eigenvalue weighted by Crippen LogP contribution is 2.15. The van der Waals surface area contributed by atoms with Crippen molar-refractivity contribution in [3.8, 4) is 6.01 Å². The van der Waals surface area contributed by atoms with Gasteiger partial charge in [0.1, 0.15) is 0 Å². The molecule has 3 aromatic rings. The third-order valence-corrected chi connectivity index (χ3v) is 3.08. The van der Waals surface area contributed by atoms with Gasteiger partial charge in [-0.1, -0.05) is 17.2 Å². The van der Waals surface area contributed by atoms with Crippen LogP contribution in [0, 0.1) is 0 Å². The van der Waals surface area contributed by atoms with E-state index in [0.717, 1.165) is 0 Å². The third kappa shape index (κ3) is 3.67. The summed E-state index contributed by atoms with van der Waals surface area (Å²) < 4.78 is 7.04. The molecule has 122 valence electrons. The van der Waals surface area contributed by atoms with Crippen molar-refractivity contribution in [3.63, 3.8) is 0 Å². The van der Waals surface area contributed by atoms with Gasteiger partial charge < -0.3 is 15.4 Å². The van der Waals surface area contributed by atoms with Crippen LogP contribution >= 0.6 is 0 Å². The summed E-state index contributed by atoms with van der Waals surface area (Å²) in [6, 6.07) is 12.5. The second kappa shape index (κ2) is 6.78. The number of rotatable bonds is 5. The minimum Gasteiger partial charge on any atom is -0.453 e. The molecule has 0 spiro atoms. The normalized spacial score (nSPS) is 10.4. The van der Waals surface area contributed by atoms with E-state index in [-0.39, 0.29) is 24.4 Å². The van der Waals surface area contributed by atoms with E-state index in [4.69, 9.17) is 4.74 Å². The first-order valence-electron chi connectivity index (χ1n) is 7.22. The standard InChI is InChI=1S/C16H15N5O3/c1-11(22)17-12-5-4-6-13(9-12)18-15(23)10-24-16-20-19-14-7-2-3-8-21(14)16/h2-9H,10H2,1H3,(H,17,22)(H,18,23). The first-order chi connectivity index (χ1) is 11.6. The van der Waals surface area contributed by atoms with Crippen LogP contribution in [-0.2, 0) is 9.59 Å². The smallest absolute Gasteiger partial charge is 0.322 e. The van der Waals surface area contributed by atoms with E-state index in [0.29, 0.717) is 17.0 Å². The van der Waals surface area contributed by atoms with Crippen LogP contribution in [0.25, 0.3) is 5.65 Å². The van der Waals surface area contributed by atoms with Crippen molar-refractivity contribution in [2.24, 2.45) is 0 Å². The molecule has 0 aliphatic rings. The lowest BCUT2D eigenvalue weighted by Crippen LogP contribution is -2.21. The van der Waals surface area contributed by atoms with Crippen molar-refractivity contribution in [2.45, 2.75) is 6.92 Å². The Morgan fingerprint density at radius 3 is 2.67 bits per heavy atom. The maximum atomic E-state index is 12.0. The van der Waals surface area contributed by atoms with Gasteiger partial charge in [-0.05, 0) is 30.3 Å².